The predicted molar refractivity (Wildman–Crippen MR) is 73.6 cm³/mol. The van der Waals surface area contributed by atoms with Crippen molar-refractivity contribution in [2.24, 2.45) is 5.92 Å². The predicted octanol–water partition coefficient (Wildman–Crippen LogP) is 2.72. The molecule has 1 aromatic heterocycles. The summed E-state index contributed by atoms with van der Waals surface area (Å²) >= 11 is 0. The van der Waals surface area contributed by atoms with Gasteiger partial charge >= 0.3 is 0 Å². The van der Waals surface area contributed by atoms with E-state index in [4.69, 9.17) is 5.26 Å². The van der Waals surface area contributed by atoms with Gasteiger partial charge in [0.15, 0.2) is 0 Å². The SMILES string of the molecule is C=CCc1c(C)c(C#N)c(=O)n(CC(C)C)c1C. The van der Waals surface area contributed by atoms with Crippen molar-refractivity contribution >= 4 is 0 Å². The van der Waals surface area contributed by atoms with E-state index in [-0.39, 0.29) is 11.1 Å². The van der Waals surface area contributed by atoms with Gasteiger partial charge in [0.05, 0.1) is 0 Å². The Morgan fingerprint density at radius 2 is 2.06 bits per heavy atom. The van der Waals surface area contributed by atoms with Crippen LogP contribution in [0.15, 0.2) is 17.4 Å². The lowest BCUT2D eigenvalue weighted by molar-refractivity contribution is 0.499. The van der Waals surface area contributed by atoms with E-state index in [9.17, 15) is 4.79 Å². The summed E-state index contributed by atoms with van der Waals surface area (Å²) in [6.45, 7) is 12.3. The molecule has 3 nitrogen and oxygen atoms in total. The van der Waals surface area contributed by atoms with Crippen LogP contribution in [0.1, 0.15) is 36.2 Å². The number of hydrogen-bond acceptors (Lipinski definition) is 2. The van der Waals surface area contributed by atoms with Crippen LogP contribution in [0.5, 0.6) is 0 Å². The molecule has 1 heterocycles. The summed E-state index contributed by atoms with van der Waals surface area (Å²) in [7, 11) is 0. The smallest absolute Gasteiger partial charge is 0.268 e. The van der Waals surface area contributed by atoms with Crippen molar-refractivity contribution in [1.82, 2.24) is 4.57 Å². The Labute approximate surface area is 108 Å². The van der Waals surface area contributed by atoms with E-state index in [2.05, 4.69) is 20.4 Å². The molecule has 0 saturated heterocycles. The highest BCUT2D eigenvalue weighted by Gasteiger charge is 2.16. The van der Waals surface area contributed by atoms with Crippen molar-refractivity contribution in [2.75, 3.05) is 0 Å². The highest BCUT2D eigenvalue weighted by Crippen LogP contribution is 2.17. The maximum absolute atomic E-state index is 12.2. The van der Waals surface area contributed by atoms with Gasteiger partial charge in [-0.1, -0.05) is 19.9 Å². The first-order valence-corrected chi connectivity index (χ1v) is 6.17. The zero-order valence-corrected chi connectivity index (χ0v) is 11.6. The van der Waals surface area contributed by atoms with Crippen LogP contribution in [-0.4, -0.2) is 4.57 Å². The molecule has 0 fully saturated rings. The zero-order valence-electron chi connectivity index (χ0n) is 11.6. The van der Waals surface area contributed by atoms with E-state index in [0.29, 0.717) is 18.9 Å². The first-order valence-electron chi connectivity index (χ1n) is 6.17. The summed E-state index contributed by atoms with van der Waals surface area (Å²) in [6, 6.07) is 2.04. The monoisotopic (exact) mass is 244 g/mol. The zero-order chi connectivity index (χ0) is 13.9. The number of hydrogen-bond donors (Lipinski definition) is 0. The van der Waals surface area contributed by atoms with Crippen molar-refractivity contribution in [3.8, 4) is 6.07 Å². The number of allylic oxidation sites excluding steroid dienone is 1. The Kier molecular flexibility index (Phi) is 4.49. The van der Waals surface area contributed by atoms with Crippen molar-refractivity contribution < 1.29 is 0 Å². The fourth-order valence-electron chi connectivity index (χ4n) is 2.19. The average molecular weight is 244 g/mol. The molecule has 18 heavy (non-hydrogen) atoms. The van der Waals surface area contributed by atoms with Crippen LogP contribution in [0.4, 0.5) is 0 Å². The largest absolute Gasteiger partial charge is 0.311 e. The third-order valence-corrected chi connectivity index (χ3v) is 3.14. The maximum atomic E-state index is 12.2. The van der Waals surface area contributed by atoms with Crippen LogP contribution in [0.2, 0.25) is 0 Å². The van der Waals surface area contributed by atoms with Crippen LogP contribution in [-0.2, 0) is 13.0 Å². The lowest BCUT2D eigenvalue weighted by Crippen LogP contribution is -2.29. The summed E-state index contributed by atoms with van der Waals surface area (Å²) in [4.78, 5) is 12.2. The van der Waals surface area contributed by atoms with Gasteiger partial charge < -0.3 is 4.57 Å². The van der Waals surface area contributed by atoms with E-state index >= 15 is 0 Å². The molecule has 0 aliphatic carbocycles. The molecule has 0 aromatic carbocycles. The second-order valence-electron chi connectivity index (χ2n) is 4.98. The Balaban J connectivity index is 3.62. The van der Waals surface area contributed by atoms with Gasteiger partial charge in [-0.25, -0.2) is 0 Å². The molecule has 1 rings (SSSR count). The van der Waals surface area contributed by atoms with Crippen molar-refractivity contribution in [1.29, 1.82) is 5.26 Å². The summed E-state index contributed by atoms with van der Waals surface area (Å²) < 4.78 is 1.72. The van der Waals surface area contributed by atoms with Gasteiger partial charge in [0.25, 0.3) is 5.56 Å². The third-order valence-electron chi connectivity index (χ3n) is 3.14. The lowest BCUT2D eigenvalue weighted by Gasteiger charge is -2.18. The Hall–Kier alpha value is -1.82. The highest BCUT2D eigenvalue weighted by molar-refractivity contribution is 5.43. The Bertz CT molecular complexity index is 559. The minimum atomic E-state index is -0.172. The van der Waals surface area contributed by atoms with Crippen molar-refractivity contribution in [2.45, 2.75) is 40.7 Å². The van der Waals surface area contributed by atoms with Crippen LogP contribution < -0.4 is 5.56 Å². The minimum absolute atomic E-state index is 0.172. The van der Waals surface area contributed by atoms with Gasteiger partial charge in [0, 0.05) is 12.2 Å². The Morgan fingerprint density at radius 3 is 2.50 bits per heavy atom. The number of pyridine rings is 1. The Morgan fingerprint density at radius 1 is 1.44 bits per heavy atom. The number of nitrogens with zero attached hydrogens (tertiary/aromatic N) is 2. The highest BCUT2D eigenvalue weighted by atomic mass is 16.1. The first-order chi connectivity index (χ1) is 8.43. The van der Waals surface area contributed by atoms with E-state index in [1.54, 1.807) is 10.6 Å². The van der Waals surface area contributed by atoms with Crippen molar-refractivity contribution in [3.63, 3.8) is 0 Å². The average Bonchev–Trinajstić information content (AvgIpc) is 2.31. The standard InChI is InChI=1S/C15H20N2O/c1-6-7-13-11(4)14(8-16)15(18)17(12(13)5)9-10(2)3/h6,10H,1,7,9H2,2-5H3. The summed E-state index contributed by atoms with van der Waals surface area (Å²) in [6.07, 6.45) is 2.49. The molecule has 96 valence electrons. The van der Waals surface area contributed by atoms with E-state index < -0.39 is 0 Å². The topological polar surface area (TPSA) is 45.8 Å². The molecular formula is C15H20N2O. The molecule has 0 aliphatic rings. The van der Waals surface area contributed by atoms with Crippen LogP contribution >= 0.6 is 0 Å². The quantitative estimate of drug-likeness (QED) is 0.764. The van der Waals surface area contributed by atoms with Gasteiger partial charge in [-0.2, -0.15) is 5.26 Å². The molecule has 0 spiro atoms. The van der Waals surface area contributed by atoms with Crippen LogP contribution in [0.3, 0.4) is 0 Å². The fourth-order valence-corrected chi connectivity index (χ4v) is 2.19. The molecule has 0 N–H and O–H groups in total. The van der Waals surface area contributed by atoms with E-state index in [1.807, 2.05) is 19.9 Å². The number of nitriles is 1. The normalized spacial score (nSPS) is 10.4. The number of aromatic nitrogens is 1. The van der Waals surface area contributed by atoms with E-state index in [0.717, 1.165) is 16.8 Å². The van der Waals surface area contributed by atoms with Crippen LogP contribution in [0, 0.1) is 31.1 Å². The maximum Gasteiger partial charge on any atom is 0.268 e. The molecule has 0 atom stereocenters. The molecule has 0 bridgehead atoms. The summed E-state index contributed by atoms with van der Waals surface area (Å²) in [5.74, 6) is 0.368. The first kappa shape index (κ1) is 14.2. The third kappa shape index (κ3) is 2.53. The fraction of sp³-hybridized carbons (Fsp3) is 0.467. The molecule has 0 saturated carbocycles. The number of rotatable bonds is 4. The van der Waals surface area contributed by atoms with Crippen molar-refractivity contribution in [3.05, 3.63) is 45.4 Å². The molecular weight excluding hydrogens is 224 g/mol. The van der Waals surface area contributed by atoms with Gasteiger partial charge in [-0.3, -0.25) is 4.79 Å². The molecule has 0 amide bonds. The molecule has 1 aromatic rings. The molecule has 0 radical (unpaired) electrons. The van der Waals surface area contributed by atoms with Gasteiger partial charge in [0.2, 0.25) is 0 Å². The van der Waals surface area contributed by atoms with Gasteiger partial charge in [0.1, 0.15) is 11.6 Å². The second kappa shape index (κ2) is 5.68. The lowest BCUT2D eigenvalue weighted by atomic mass is 9.99. The summed E-state index contributed by atoms with van der Waals surface area (Å²) in [5.41, 5.74) is 2.87. The van der Waals surface area contributed by atoms with E-state index in [1.165, 1.54) is 0 Å². The molecule has 0 unspecified atom stereocenters. The van der Waals surface area contributed by atoms with Crippen LogP contribution in [0.25, 0.3) is 0 Å². The molecule has 0 aliphatic heterocycles. The molecule has 3 heteroatoms. The minimum Gasteiger partial charge on any atom is -0.311 e. The van der Waals surface area contributed by atoms with Gasteiger partial charge in [-0.15, -0.1) is 6.58 Å². The second-order valence-corrected chi connectivity index (χ2v) is 4.98. The summed E-state index contributed by atoms with van der Waals surface area (Å²) in [5, 5.41) is 9.15. The van der Waals surface area contributed by atoms with Gasteiger partial charge in [-0.05, 0) is 37.3 Å².